The molecule has 1 rings (SSSR count). The lowest BCUT2D eigenvalue weighted by atomic mass is 10.2. The minimum absolute atomic E-state index is 0.0301. The molecule has 0 bridgehead atoms. The lowest BCUT2D eigenvalue weighted by Gasteiger charge is -2.25. The Bertz CT molecular complexity index is 412. The second-order valence-electron chi connectivity index (χ2n) is 4.19. The predicted molar refractivity (Wildman–Crippen MR) is 72.0 cm³/mol. The van der Waals surface area contributed by atoms with Crippen molar-refractivity contribution in [2.75, 3.05) is 0 Å². The van der Waals surface area contributed by atoms with E-state index in [0.717, 1.165) is 5.56 Å². The zero-order valence-corrected chi connectivity index (χ0v) is 11.2. The van der Waals surface area contributed by atoms with Crippen LogP contribution < -0.4 is 0 Å². The number of hydrogen-bond donors (Lipinski definition) is 0. The molecule has 0 heterocycles. The maximum absolute atomic E-state index is 11.9. The summed E-state index contributed by atoms with van der Waals surface area (Å²) in [5.74, 6) is 0.0301. The fraction of sp³-hybridized carbons (Fsp3) is 0.357. The zero-order chi connectivity index (χ0) is 12.8. The Morgan fingerprint density at radius 3 is 2.71 bits per heavy atom. The highest BCUT2D eigenvalue weighted by Gasteiger charge is 2.14. The van der Waals surface area contributed by atoms with E-state index in [1.165, 1.54) is 0 Å². The van der Waals surface area contributed by atoms with Gasteiger partial charge in [0.05, 0.1) is 0 Å². The third kappa shape index (κ3) is 4.23. The molecule has 2 nitrogen and oxygen atoms in total. The molecule has 0 aliphatic rings. The highest BCUT2D eigenvalue weighted by Crippen LogP contribution is 2.14. The molecule has 0 saturated carbocycles. The Hall–Kier alpha value is -1.28. The van der Waals surface area contributed by atoms with Crippen molar-refractivity contribution < 1.29 is 4.79 Å². The second-order valence-corrected chi connectivity index (χ2v) is 4.63. The molecule has 0 aliphatic heterocycles. The van der Waals surface area contributed by atoms with Crippen molar-refractivity contribution in [3.05, 3.63) is 47.0 Å². The van der Waals surface area contributed by atoms with Crippen LogP contribution in [0.2, 0.25) is 5.02 Å². The van der Waals surface area contributed by atoms with Gasteiger partial charge in [-0.25, -0.2) is 0 Å². The fourth-order valence-corrected chi connectivity index (χ4v) is 1.80. The van der Waals surface area contributed by atoms with Crippen molar-refractivity contribution in [2.45, 2.75) is 33.4 Å². The summed E-state index contributed by atoms with van der Waals surface area (Å²) >= 11 is 5.93. The molecular formula is C14H18ClNO. The molecule has 0 radical (unpaired) electrons. The first kappa shape index (κ1) is 13.8. The van der Waals surface area contributed by atoms with E-state index >= 15 is 0 Å². The Labute approximate surface area is 108 Å². The van der Waals surface area contributed by atoms with Crippen molar-refractivity contribution >= 4 is 17.5 Å². The Kier molecular flexibility index (Phi) is 5.23. The van der Waals surface area contributed by atoms with E-state index in [1.807, 2.05) is 49.9 Å². The Morgan fingerprint density at radius 2 is 2.18 bits per heavy atom. The van der Waals surface area contributed by atoms with E-state index in [-0.39, 0.29) is 11.9 Å². The molecule has 1 aromatic rings. The molecule has 0 unspecified atom stereocenters. The van der Waals surface area contributed by atoms with Crippen LogP contribution in [0.1, 0.15) is 26.3 Å². The van der Waals surface area contributed by atoms with Crippen LogP contribution in [0.4, 0.5) is 0 Å². The summed E-state index contributed by atoms with van der Waals surface area (Å²) in [6, 6.07) is 7.76. The molecule has 1 aromatic carbocycles. The van der Waals surface area contributed by atoms with Crippen molar-refractivity contribution in [1.29, 1.82) is 0 Å². The summed E-state index contributed by atoms with van der Waals surface area (Å²) < 4.78 is 0. The predicted octanol–water partition coefficient (Wildman–Crippen LogP) is 3.65. The molecule has 0 fully saturated rings. The van der Waals surface area contributed by atoms with Gasteiger partial charge in [0.25, 0.3) is 0 Å². The first-order valence-electron chi connectivity index (χ1n) is 5.72. The maximum atomic E-state index is 11.9. The van der Waals surface area contributed by atoms with Gasteiger partial charge < -0.3 is 4.90 Å². The van der Waals surface area contributed by atoms with Crippen molar-refractivity contribution in [2.24, 2.45) is 0 Å². The minimum Gasteiger partial charge on any atom is -0.332 e. The SMILES string of the molecule is CC=CC(=O)N(Cc1cccc(Cl)c1)C(C)C. The summed E-state index contributed by atoms with van der Waals surface area (Å²) in [5, 5.41) is 0.699. The van der Waals surface area contributed by atoms with Gasteiger partial charge in [-0.15, -0.1) is 0 Å². The number of nitrogens with zero attached hydrogens (tertiary/aromatic N) is 1. The molecule has 1 amide bonds. The zero-order valence-electron chi connectivity index (χ0n) is 10.5. The first-order valence-corrected chi connectivity index (χ1v) is 6.10. The molecule has 0 atom stereocenters. The number of hydrogen-bond acceptors (Lipinski definition) is 1. The standard InChI is InChI=1S/C14H18ClNO/c1-4-6-14(17)16(11(2)3)10-12-7-5-8-13(15)9-12/h4-9,11H,10H2,1-3H3. The maximum Gasteiger partial charge on any atom is 0.246 e. The van der Waals surface area contributed by atoms with Crippen LogP contribution in [0.5, 0.6) is 0 Å². The molecule has 3 heteroatoms. The molecule has 0 aromatic heterocycles. The number of rotatable bonds is 4. The largest absolute Gasteiger partial charge is 0.332 e. The highest BCUT2D eigenvalue weighted by molar-refractivity contribution is 6.30. The third-order valence-corrected chi connectivity index (χ3v) is 2.69. The summed E-state index contributed by atoms with van der Waals surface area (Å²) in [6.07, 6.45) is 3.35. The average Bonchev–Trinajstić information content (AvgIpc) is 2.26. The summed E-state index contributed by atoms with van der Waals surface area (Å²) in [4.78, 5) is 13.7. The van der Waals surface area contributed by atoms with Gasteiger partial charge >= 0.3 is 0 Å². The third-order valence-electron chi connectivity index (χ3n) is 2.46. The van der Waals surface area contributed by atoms with Gasteiger partial charge in [0.15, 0.2) is 0 Å². The van der Waals surface area contributed by atoms with E-state index < -0.39 is 0 Å². The van der Waals surface area contributed by atoms with Gasteiger partial charge in [-0.1, -0.05) is 29.8 Å². The minimum atomic E-state index is 0.0301. The lowest BCUT2D eigenvalue weighted by Crippen LogP contribution is -2.35. The molecule has 17 heavy (non-hydrogen) atoms. The second kappa shape index (κ2) is 6.45. The topological polar surface area (TPSA) is 20.3 Å². The highest BCUT2D eigenvalue weighted by atomic mass is 35.5. The van der Waals surface area contributed by atoms with E-state index in [0.29, 0.717) is 11.6 Å². The number of carbonyl (C=O) groups excluding carboxylic acids is 1. The van der Waals surface area contributed by atoms with E-state index in [2.05, 4.69) is 0 Å². The summed E-state index contributed by atoms with van der Waals surface area (Å²) in [5.41, 5.74) is 1.05. The lowest BCUT2D eigenvalue weighted by molar-refractivity contribution is -0.128. The van der Waals surface area contributed by atoms with Crippen molar-refractivity contribution in [3.8, 4) is 0 Å². The molecule has 0 saturated heterocycles. The van der Waals surface area contributed by atoms with Crippen LogP contribution >= 0.6 is 11.6 Å². The number of allylic oxidation sites excluding steroid dienone is 1. The van der Waals surface area contributed by atoms with Gasteiger partial charge in [-0.2, -0.15) is 0 Å². The van der Waals surface area contributed by atoms with Gasteiger partial charge in [-0.3, -0.25) is 4.79 Å². The summed E-state index contributed by atoms with van der Waals surface area (Å²) in [6.45, 7) is 6.44. The molecular weight excluding hydrogens is 234 g/mol. The molecule has 0 aliphatic carbocycles. The Morgan fingerprint density at radius 1 is 1.47 bits per heavy atom. The smallest absolute Gasteiger partial charge is 0.246 e. The Balaban J connectivity index is 2.84. The average molecular weight is 252 g/mol. The van der Waals surface area contributed by atoms with Crippen LogP contribution in [0.25, 0.3) is 0 Å². The summed E-state index contributed by atoms with van der Waals surface area (Å²) in [7, 11) is 0. The number of amides is 1. The molecule has 92 valence electrons. The number of halogens is 1. The van der Waals surface area contributed by atoms with Gasteiger partial charge in [0, 0.05) is 17.6 Å². The molecule has 0 spiro atoms. The quantitative estimate of drug-likeness (QED) is 0.748. The first-order chi connectivity index (χ1) is 8.04. The number of carbonyl (C=O) groups is 1. The van der Waals surface area contributed by atoms with Crippen molar-refractivity contribution in [3.63, 3.8) is 0 Å². The van der Waals surface area contributed by atoms with E-state index in [9.17, 15) is 4.79 Å². The van der Waals surface area contributed by atoms with Crippen LogP contribution in [0.3, 0.4) is 0 Å². The van der Waals surface area contributed by atoms with E-state index in [4.69, 9.17) is 11.6 Å². The van der Waals surface area contributed by atoms with Crippen molar-refractivity contribution in [1.82, 2.24) is 4.90 Å². The van der Waals surface area contributed by atoms with Gasteiger partial charge in [0.1, 0.15) is 0 Å². The normalized spacial score (nSPS) is 11.1. The van der Waals surface area contributed by atoms with Crippen LogP contribution in [-0.2, 0) is 11.3 Å². The van der Waals surface area contributed by atoms with E-state index in [1.54, 1.807) is 12.2 Å². The van der Waals surface area contributed by atoms with Crippen LogP contribution in [0, 0.1) is 0 Å². The monoisotopic (exact) mass is 251 g/mol. The van der Waals surface area contributed by atoms with Gasteiger partial charge in [-0.05, 0) is 44.5 Å². The fourth-order valence-electron chi connectivity index (χ4n) is 1.59. The van der Waals surface area contributed by atoms with Crippen LogP contribution in [0.15, 0.2) is 36.4 Å². The molecule has 0 N–H and O–H groups in total. The van der Waals surface area contributed by atoms with Crippen LogP contribution in [-0.4, -0.2) is 16.8 Å². The number of benzene rings is 1. The van der Waals surface area contributed by atoms with Gasteiger partial charge in [0.2, 0.25) is 5.91 Å².